The van der Waals surface area contributed by atoms with E-state index in [0.717, 1.165) is 5.56 Å². The van der Waals surface area contributed by atoms with Crippen LogP contribution in [0.25, 0.3) is 5.76 Å². The van der Waals surface area contributed by atoms with Crippen LogP contribution in [0.1, 0.15) is 22.7 Å². The van der Waals surface area contributed by atoms with Crippen LogP contribution in [0, 0.1) is 5.82 Å². The van der Waals surface area contributed by atoms with Gasteiger partial charge in [-0.15, -0.1) is 0 Å². The minimum absolute atomic E-state index is 0.0566. The summed E-state index contributed by atoms with van der Waals surface area (Å²) in [6.07, 6.45) is 0.516. The van der Waals surface area contributed by atoms with Gasteiger partial charge in [-0.25, -0.2) is 4.39 Å². The quantitative estimate of drug-likeness (QED) is 0.355. The molecule has 0 saturated carbocycles. The van der Waals surface area contributed by atoms with Crippen molar-refractivity contribution in [2.75, 3.05) is 13.7 Å². The number of benzene rings is 3. The van der Waals surface area contributed by atoms with Gasteiger partial charge in [0, 0.05) is 12.1 Å². The Hall–Kier alpha value is -3.93. The number of carbonyl (C=O) groups is 2. The van der Waals surface area contributed by atoms with E-state index in [-0.39, 0.29) is 17.9 Å². The Balaban J connectivity index is 1.78. The molecule has 32 heavy (non-hydrogen) atoms. The number of hydrogen-bond acceptors (Lipinski definition) is 4. The Morgan fingerprint density at radius 3 is 2.38 bits per heavy atom. The molecule has 1 fully saturated rings. The summed E-state index contributed by atoms with van der Waals surface area (Å²) in [6.45, 7) is 0.245. The number of halogens is 1. The fourth-order valence-corrected chi connectivity index (χ4v) is 3.93. The van der Waals surface area contributed by atoms with E-state index >= 15 is 0 Å². The van der Waals surface area contributed by atoms with Crippen LogP contribution in [0.2, 0.25) is 0 Å². The lowest BCUT2D eigenvalue weighted by molar-refractivity contribution is -0.139. The topological polar surface area (TPSA) is 66.8 Å². The first-order chi connectivity index (χ1) is 15.5. The number of likely N-dealkylation sites (tertiary alicyclic amines) is 1. The summed E-state index contributed by atoms with van der Waals surface area (Å²) < 4.78 is 19.2. The van der Waals surface area contributed by atoms with Crippen molar-refractivity contribution in [2.24, 2.45) is 0 Å². The lowest BCUT2D eigenvalue weighted by atomic mass is 9.95. The third-order valence-corrected chi connectivity index (χ3v) is 5.55. The van der Waals surface area contributed by atoms with E-state index < -0.39 is 23.5 Å². The largest absolute Gasteiger partial charge is 0.507 e. The van der Waals surface area contributed by atoms with Crippen LogP contribution in [0.4, 0.5) is 4.39 Å². The smallest absolute Gasteiger partial charge is 0.295 e. The molecule has 5 nitrogen and oxygen atoms in total. The van der Waals surface area contributed by atoms with Crippen molar-refractivity contribution in [2.45, 2.75) is 12.5 Å². The molecule has 0 radical (unpaired) electrons. The lowest BCUT2D eigenvalue weighted by Crippen LogP contribution is -2.31. The second-order valence-corrected chi connectivity index (χ2v) is 7.51. The molecule has 1 heterocycles. The van der Waals surface area contributed by atoms with Crippen LogP contribution in [-0.2, 0) is 16.0 Å². The van der Waals surface area contributed by atoms with Crippen molar-refractivity contribution < 1.29 is 23.8 Å². The number of aliphatic hydroxyl groups is 1. The average Bonchev–Trinajstić information content (AvgIpc) is 3.08. The van der Waals surface area contributed by atoms with Gasteiger partial charge in [-0.3, -0.25) is 9.59 Å². The zero-order valence-corrected chi connectivity index (χ0v) is 17.5. The molecule has 162 valence electrons. The average molecular weight is 431 g/mol. The highest BCUT2D eigenvalue weighted by molar-refractivity contribution is 6.46. The Morgan fingerprint density at radius 1 is 1.00 bits per heavy atom. The van der Waals surface area contributed by atoms with Gasteiger partial charge >= 0.3 is 0 Å². The number of Topliss-reactive ketones (excluding diaryl/α,β-unsaturated/α-hetero) is 1. The molecule has 1 aliphatic rings. The van der Waals surface area contributed by atoms with Crippen molar-refractivity contribution in [3.63, 3.8) is 0 Å². The molecule has 1 saturated heterocycles. The molecule has 1 unspecified atom stereocenters. The zero-order chi connectivity index (χ0) is 22.7. The van der Waals surface area contributed by atoms with Crippen molar-refractivity contribution in [1.29, 1.82) is 0 Å². The fraction of sp³-hybridized carbons (Fsp3) is 0.154. The van der Waals surface area contributed by atoms with Crippen LogP contribution in [0.15, 0.2) is 84.4 Å². The van der Waals surface area contributed by atoms with Gasteiger partial charge in [0.2, 0.25) is 0 Å². The van der Waals surface area contributed by atoms with Crippen LogP contribution >= 0.6 is 0 Å². The molecule has 3 aromatic rings. The molecule has 1 amide bonds. The third kappa shape index (κ3) is 4.12. The molecule has 6 heteroatoms. The second-order valence-electron chi connectivity index (χ2n) is 7.51. The predicted molar refractivity (Wildman–Crippen MR) is 119 cm³/mol. The van der Waals surface area contributed by atoms with Crippen molar-refractivity contribution in [1.82, 2.24) is 4.90 Å². The molecule has 1 N–H and O–H groups in total. The molecule has 0 aromatic heterocycles. The summed E-state index contributed by atoms with van der Waals surface area (Å²) in [4.78, 5) is 27.4. The van der Waals surface area contributed by atoms with Crippen LogP contribution in [0.5, 0.6) is 5.75 Å². The van der Waals surface area contributed by atoms with E-state index in [4.69, 9.17) is 4.74 Å². The number of methoxy groups -OCH3 is 1. The number of carbonyl (C=O) groups excluding carboxylic acids is 2. The van der Waals surface area contributed by atoms with Gasteiger partial charge in [-0.2, -0.15) is 0 Å². The number of nitrogens with zero attached hydrogens (tertiary/aromatic N) is 1. The van der Waals surface area contributed by atoms with Gasteiger partial charge in [-0.05, 0) is 53.9 Å². The maximum Gasteiger partial charge on any atom is 0.295 e. The standard InChI is InChI=1S/C26H22FNO4/c1-32-21-12-10-18(11-13-21)24(29)22-23(19-8-5-9-20(27)16-19)28(26(31)25(22)30)15-14-17-6-3-2-4-7-17/h2-13,16,23,29H,14-15H2,1H3/b24-22+. The van der Waals surface area contributed by atoms with E-state index in [1.165, 1.54) is 30.2 Å². The van der Waals surface area contributed by atoms with Crippen molar-refractivity contribution in [3.05, 3.63) is 107 Å². The second kappa shape index (κ2) is 9.06. The van der Waals surface area contributed by atoms with Gasteiger partial charge in [0.25, 0.3) is 11.7 Å². The first kappa shape index (κ1) is 21.3. The highest BCUT2D eigenvalue weighted by Crippen LogP contribution is 2.39. The molecule has 4 rings (SSSR count). The van der Waals surface area contributed by atoms with Gasteiger partial charge in [0.15, 0.2) is 0 Å². The van der Waals surface area contributed by atoms with Gasteiger partial charge < -0.3 is 14.7 Å². The Labute approximate surface area is 185 Å². The Kier molecular flexibility index (Phi) is 6.03. The summed E-state index contributed by atoms with van der Waals surface area (Å²) in [6, 6.07) is 20.9. The SMILES string of the molecule is COc1ccc(/C(O)=C2\C(=O)C(=O)N(CCc3ccccc3)C2c2cccc(F)c2)cc1. The van der Waals surface area contributed by atoms with Gasteiger partial charge in [0.1, 0.15) is 17.3 Å². The van der Waals surface area contributed by atoms with Gasteiger partial charge in [0.05, 0.1) is 18.7 Å². The molecule has 3 aromatic carbocycles. The first-order valence-corrected chi connectivity index (χ1v) is 10.2. The molecule has 1 atom stereocenters. The minimum atomic E-state index is -0.892. The summed E-state index contributed by atoms with van der Waals surface area (Å²) >= 11 is 0. The molecule has 1 aliphatic heterocycles. The highest BCUT2D eigenvalue weighted by Gasteiger charge is 2.45. The monoisotopic (exact) mass is 431 g/mol. The molecular formula is C26H22FNO4. The third-order valence-electron chi connectivity index (χ3n) is 5.55. The number of rotatable bonds is 6. The highest BCUT2D eigenvalue weighted by atomic mass is 19.1. The molecular weight excluding hydrogens is 409 g/mol. The Bertz CT molecular complexity index is 1170. The molecule has 0 aliphatic carbocycles. The Morgan fingerprint density at radius 2 is 1.72 bits per heavy atom. The van der Waals surface area contributed by atoms with Crippen LogP contribution in [-0.4, -0.2) is 35.4 Å². The first-order valence-electron chi connectivity index (χ1n) is 10.2. The van der Waals surface area contributed by atoms with Crippen molar-refractivity contribution >= 4 is 17.4 Å². The van der Waals surface area contributed by atoms with E-state index in [9.17, 15) is 19.1 Å². The number of ether oxygens (including phenoxy) is 1. The maximum absolute atomic E-state index is 14.0. The van der Waals surface area contributed by atoms with Crippen molar-refractivity contribution in [3.8, 4) is 5.75 Å². The van der Waals surface area contributed by atoms with E-state index in [2.05, 4.69) is 0 Å². The number of hydrogen-bond donors (Lipinski definition) is 1. The lowest BCUT2D eigenvalue weighted by Gasteiger charge is -2.25. The predicted octanol–water partition coefficient (Wildman–Crippen LogP) is 4.50. The number of amides is 1. The summed E-state index contributed by atoms with van der Waals surface area (Å²) in [5, 5.41) is 11.0. The zero-order valence-electron chi connectivity index (χ0n) is 17.5. The normalized spacial score (nSPS) is 17.6. The van der Waals surface area contributed by atoms with Gasteiger partial charge in [-0.1, -0.05) is 42.5 Å². The number of aliphatic hydroxyl groups excluding tert-OH is 1. The minimum Gasteiger partial charge on any atom is -0.507 e. The van der Waals surface area contributed by atoms with E-state index in [0.29, 0.717) is 23.3 Å². The summed E-state index contributed by atoms with van der Waals surface area (Å²) in [7, 11) is 1.52. The fourth-order valence-electron chi connectivity index (χ4n) is 3.93. The molecule has 0 bridgehead atoms. The van der Waals surface area contributed by atoms with E-state index in [1.807, 2.05) is 30.3 Å². The van der Waals surface area contributed by atoms with Crippen LogP contribution < -0.4 is 4.74 Å². The van der Waals surface area contributed by atoms with Crippen LogP contribution in [0.3, 0.4) is 0 Å². The van der Waals surface area contributed by atoms with E-state index in [1.54, 1.807) is 30.3 Å². The summed E-state index contributed by atoms with van der Waals surface area (Å²) in [5.41, 5.74) is 1.74. The molecule has 0 spiro atoms. The summed E-state index contributed by atoms with van der Waals surface area (Å²) in [5.74, 6) is -1.71. The maximum atomic E-state index is 14.0. The number of ketones is 1.